The summed E-state index contributed by atoms with van der Waals surface area (Å²) >= 11 is 0. The maximum absolute atomic E-state index is 10.7. The first-order chi connectivity index (χ1) is 6.86. The van der Waals surface area contributed by atoms with Gasteiger partial charge in [-0.2, -0.15) is 0 Å². The molecule has 1 saturated carbocycles. The van der Waals surface area contributed by atoms with Crippen LogP contribution in [-0.4, -0.2) is 16.7 Å². The summed E-state index contributed by atoms with van der Waals surface area (Å²) < 4.78 is 0. The Morgan fingerprint density at radius 3 is 1.80 bits per heavy atom. The van der Waals surface area contributed by atoms with Gasteiger partial charge < -0.3 is 10.8 Å². The van der Waals surface area contributed by atoms with Gasteiger partial charge in [-0.3, -0.25) is 0 Å². The third-order valence-corrected chi connectivity index (χ3v) is 3.73. The molecule has 0 aliphatic heterocycles. The minimum atomic E-state index is -0.626. The van der Waals surface area contributed by atoms with Crippen molar-refractivity contribution < 1.29 is 5.11 Å². The van der Waals surface area contributed by atoms with E-state index in [-0.39, 0.29) is 11.5 Å². The Kier molecular flexibility index (Phi) is 4.19. The Morgan fingerprint density at radius 1 is 1.00 bits per heavy atom. The summed E-state index contributed by atoms with van der Waals surface area (Å²) in [4.78, 5) is 0. The molecular formula is C13H27NO. The van der Waals surface area contributed by atoms with Crippen molar-refractivity contribution in [1.29, 1.82) is 0 Å². The molecule has 1 unspecified atom stereocenters. The lowest BCUT2D eigenvalue weighted by atomic mass is 9.71. The van der Waals surface area contributed by atoms with Gasteiger partial charge in [-0.1, -0.05) is 52.9 Å². The van der Waals surface area contributed by atoms with Gasteiger partial charge in [-0.15, -0.1) is 0 Å². The summed E-state index contributed by atoms with van der Waals surface area (Å²) in [7, 11) is 0. The lowest BCUT2D eigenvalue weighted by Crippen LogP contribution is -2.55. The van der Waals surface area contributed by atoms with E-state index in [4.69, 9.17) is 5.73 Å². The van der Waals surface area contributed by atoms with Crippen LogP contribution in [0.1, 0.15) is 65.7 Å². The van der Waals surface area contributed by atoms with E-state index in [1.54, 1.807) is 0 Å². The van der Waals surface area contributed by atoms with Crippen molar-refractivity contribution >= 4 is 0 Å². The van der Waals surface area contributed by atoms with Crippen LogP contribution < -0.4 is 5.73 Å². The molecule has 0 saturated heterocycles. The first-order valence-electron chi connectivity index (χ1n) is 6.34. The fraction of sp³-hybridized carbons (Fsp3) is 1.00. The molecule has 0 heterocycles. The Hall–Kier alpha value is -0.0800. The summed E-state index contributed by atoms with van der Waals surface area (Å²) in [6.45, 7) is 6.36. The molecule has 1 aliphatic carbocycles. The van der Waals surface area contributed by atoms with Gasteiger partial charge in [0.15, 0.2) is 0 Å². The molecule has 1 rings (SSSR count). The monoisotopic (exact) mass is 213 g/mol. The molecule has 2 heteroatoms. The average molecular weight is 213 g/mol. The van der Waals surface area contributed by atoms with Crippen LogP contribution in [0.5, 0.6) is 0 Å². The molecule has 0 spiro atoms. The van der Waals surface area contributed by atoms with Crippen LogP contribution >= 0.6 is 0 Å². The third-order valence-electron chi connectivity index (χ3n) is 3.73. The van der Waals surface area contributed by atoms with Gasteiger partial charge in [-0.25, -0.2) is 0 Å². The van der Waals surface area contributed by atoms with Crippen LogP contribution in [0.15, 0.2) is 0 Å². The maximum Gasteiger partial charge on any atom is 0.0803 e. The topological polar surface area (TPSA) is 46.2 Å². The predicted molar refractivity (Wildman–Crippen MR) is 64.7 cm³/mol. The molecule has 15 heavy (non-hydrogen) atoms. The predicted octanol–water partition coefficient (Wildman–Crippen LogP) is 2.84. The van der Waals surface area contributed by atoms with Crippen LogP contribution in [0.3, 0.4) is 0 Å². The zero-order chi connectivity index (χ0) is 11.5. The maximum atomic E-state index is 10.7. The molecule has 0 amide bonds. The van der Waals surface area contributed by atoms with Crippen molar-refractivity contribution in [2.24, 2.45) is 11.1 Å². The Labute approximate surface area is 94.2 Å². The second-order valence-electron chi connectivity index (χ2n) is 6.22. The van der Waals surface area contributed by atoms with Crippen molar-refractivity contribution in [1.82, 2.24) is 0 Å². The molecule has 90 valence electrons. The zero-order valence-corrected chi connectivity index (χ0v) is 10.6. The lowest BCUT2D eigenvalue weighted by Gasteiger charge is -2.42. The first-order valence-corrected chi connectivity index (χ1v) is 6.34. The second kappa shape index (κ2) is 4.84. The number of rotatable bonds is 1. The first kappa shape index (κ1) is 13.0. The zero-order valence-electron chi connectivity index (χ0n) is 10.6. The summed E-state index contributed by atoms with van der Waals surface area (Å²) in [5.74, 6) is 0. The summed E-state index contributed by atoms with van der Waals surface area (Å²) in [5.41, 5.74) is 5.60. The van der Waals surface area contributed by atoms with Crippen molar-refractivity contribution in [3.8, 4) is 0 Å². The van der Waals surface area contributed by atoms with Gasteiger partial charge in [0.25, 0.3) is 0 Å². The van der Waals surface area contributed by atoms with Gasteiger partial charge in [0.2, 0.25) is 0 Å². The van der Waals surface area contributed by atoms with Gasteiger partial charge in [0.05, 0.1) is 5.60 Å². The quantitative estimate of drug-likeness (QED) is 0.703. The number of nitrogens with two attached hydrogens (primary N) is 1. The largest absolute Gasteiger partial charge is 0.388 e. The summed E-state index contributed by atoms with van der Waals surface area (Å²) in [5, 5.41) is 10.7. The van der Waals surface area contributed by atoms with E-state index in [0.717, 1.165) is 25.7 Å². The molecule has 2 nitrogen and oxygen atoms in total. The highest BCUT2D eigenvalue weighted by molar-refractivity contribution is 4.96. The molecule has 3 N–H and O–H groups in total. The molecule has 1 aliphatic rings. The molecule has 0 aromatic heterocycles. The second-order valence-corrected chi connectivity index (χ2v) is 6.22. The SMILES string of the molecule is CC(C)(C)C(N)C1(O)CCCCCCC1. The van der Waals surface area contributed by atoms with Crippen LogP contribution in [0.25, 0.3) is 0 Å². The van der Waals surface area contributed by atoms with E-state index >= 15 is 0 Å². The molecule has 0 bridgehead atoms. The Balaban J connectivity index is 2.68. The van der Waals surface area contributed by atoms with E-state index < -0.39 is 5.60 Å². The standard InChI is InChI=1S/C13H27NO/c1-12(2,3)11(14)13(15)9-7-5-4-6-8-10-13/h11,15H,4-10,14H2,1-3H3. The number of hydrogen-bond donors (Lipinski definition) is 2. The molecule has 0 aromatic carbocycles. The van der Waals surface area contributed by atoms with Crippen molar-refractivity contribution in [3.05, 3.63) is 0 Å². The molecular weight excluding hydrogens is 186 g/mol. The van der Waals surface area contributed by atoms with Gasteiger partial charge in [0.1, 0.15) is 0 Å². The fourth-order valence-electron chi connectivity index (χ4n) is 2.63. The van der Waals surface area contributed by atoms with Crippen LogP contribution in [0.2, 0.25) is 0 Å². The van der Waals surface area contributed by atoms with Gasteiger partial charge in [-0.05, 0) is 18.3 Å². The highest BCUT2D eigenvalue weighted by atomic mass is 16.3. The summed E-state index contributed by atoms with van der Waals surface area (Å²) in [6, 6.07) is -0.108. The normalized spacial score (nSPS) is 25.4. The fourth-order valence-corrected chi connectivity index (χ4v) is 2.63. The number of hydrogen-bond acceptors (Lipinski definition) is 2. The minimum absolute atomic E-state index is 0.00600. The van der Waals surface area contributed by atoms with E-state index in [0.29, 0.717) is 0 Å². The molecule has 0 radical (unpaired) electrons. The highest BCUT2D eigenvalue weighted by Crippen LogP contribution is 2.35. The van der Waals surface area contributed by atoms with Gasteiger partial charge >= 0.3 is 0 Å². The lowest BCUT2D eigenvalue weighted by molar-refractivity contribution is -0.0408. The minimum Gasteiger partial charge on any atom is -0.388 e. The Bertz CT molecular complexity index is 187. The van der Waals surface area contributed by atoms with Crippen molar-refractivity contribution in [3.63, 3.8) is 0 Å². The van der Waals surface area contributed by atoms with Crippen LogP contribution in [-0.2, 0) is 0 Å². The Morgan fingerprint density at radius 2 is 1.40 bits per heavy atom. The van der Waals surface area contributed by atoms with Gasteiger partial charge in [0, 0.05) is 6.04 Å². The smallest absolute Gasteiger partial charge is 0.0803 e. The van der Waals surface area contributed by atoms with Crippen LogP contribution in [0.4, 0.5) is 0 Å². The van der Waals surface area contributed by atoms with E-state index in [1.165, 1.54) is 19.3 Å². The third kappa shape index (κ3) is 3.46. The highest BCUT2D eigenvalue weighted by Gasteiger charge is 2.40. The molecule has 1 fully saturated rings. The van der Waals surface area contributed by atoms with E-state index in [2.05, 4.69) is 20.8 Å². The van der Waals surface area contributed by atoms with Crippen molar-refractivity contribution in [2.45, 2.75) is 77.4 Å². The van der Waals surface area contributed by atoms with E-state index in [9.17, 15) is 5.11 Å². The molecule has 1 atom stereocenters. The number of aliphatic hydroxyl groups is 1. The van der Waals surface area contributed by atoms with Crippen molar-refractivity contribution in [2.75, 3.05) is 0 Å². The average Bonchev–Trinajstić information content (AvgIpc) is 2.09. The summed E-state index contributed by atoms with van der Waals surface area (Å²) in [6.07, 6.45) is 7.83. The van der Waals surface area contributed by atoms with E-state index in [1.807, 2.05) is 0 Å². The van der Waals surface area contributed by atoms with Crippen LogP contribution in [0, 0.1) is 5.41 Å². The molecule has 0 aromatic rings.